The lowest BCUT2D eigenvalue weighted by molar-refractivity contribution is -0.144. The Kier molecular flexibility index (Phi) is 4.29. The maximum Gasteiger partial charge on any atom is 0.344 e. The number of rotatable bonds is 5. The minimum Gasteiger partial charge on any atom is -0.479 e. The van der Waals surface area contributed by atoms with Crippen molar-refractivity contribution in [3.8, 4) is 17.4 Å². The number of carboxylic acid groups (broad SMARTS) is 1. The summed E-state index contributed by atoms with van der Waals surface area (Å²) < 4.78 is 11.0. The first kappa shape index (κ1) is 15.7. The lowest BCUT2D eigenvalue weighted by Gasteiger charge is -2.11. The third-order valence-electron chi connectivity index (χ3n) is 3.38. The highest BCUT2D eigenvalue weighted by Crippen LogP contribution is 2.24. The number of ether oxygens (including phenoxy) is 2. The molecule has 1 atom stereocenters. The number of aliphatic carboxylic acids is 1. The Bertz CT molecular complexity index is 878. The highest BCUT2D eigenvalue weighted by atomic mass is 16.5. The molecule has 1 heterocycles. The topological polar surface area (TPSA) is 81.5 Å². The van der Waals surface area contributed by atoms with E-state index in [0.29, 0.717) is 17.4 Å². The lowest BCUT2D eigenvalue weighted by atomic mass is 10.2. The molecule has 0 spiro atoms. The number of fused-ring (bicyclic) bond motifs is 1. The number of carboxylic acids is 1. The molecule has 0 aliphatic carbocycles. The molecule has 0 amide bonds. The molecule has 0 unspecified atom stereocenters. The van der Waals surface area contributed by atoms with Crippen molar-refractivity contribution in [1.29, 1.82) is 0 Å². The van der Waals surface area contributed by atoms with Gasteiger partial charge in [-0.05, 0) is 55.8 Å². The summed E-state index contributed by atoms with van der Waals surface area (Å²) in [6.07, 6.45) is 0.653. The molecule has 3 aromatic rings. The number of nitrogens with zero attached hydrogens (tertiary/aromatic N) is 2. The second-order valence-corrected chi connectivity index (χ2v) is 5.37. The molecule has 0 aliphatic heterocycles. The first-order valence-electron chi connectivity index (χ1n) is 7.42. The van der Waals surface area contributed by atoms with E-state index in [-0.39, 0.29) is 0 Å². The molecule has 1 N–H and O–H groups in total. The van der Waals surface area contributed by atoms with Crippen molar-refractivity contribution in [3.05, 3.63) is 54.2 Å². The van der Waals surface area contributed by atoms with Gasteiger partial charge in [0.05, 0.1) is 17.2 Å². The molecule has 0 bridgehead atoms. The van der Waals surface area contributed by atoms with Gasteiger partial charge in [0.1, 0.15) is 11.5 Å². The van der Waals surface area contributed by atoms with Gasteiger partial charge >= 0.3 is 5.97 Å². The van der Waals surface area contributed by atoms with Crippen LogP contribution in [-0.2, 0) is 4.79 Å². The second-order valence-electron chi connectivity index (χ2n) is 5.37. The fourth-order valence-electron chi connectivity index (χ4n) is 2.12. The van der Waals surface area contributed by atoms with E-state index in [1.807, 2.05) is 25.1 Å². The molecule has 3 rings (SSSR count). The Morgan fingerprint density at radius 1 is 1.08 bits per heavy atom. The van der Waals surface area contributed by atoms with Crippen LogP contribution in [0, 0.1) is 6.92 Å². The van der Waals surface area contributed by atoms with Crippen LogP contribution in [0.5, 0.6) is 17.4 Å². The highest BCUT2D eigenvalue weighted by molar-refractivity contribution is 5.75. The van der Waals surface area contributed by atoms with E-state index in [9.17, 15) is 4.79 Å². The fourth-order valence-corrected chi connectivity index (χ4v) is 2.12. The molecule has 0 aliphatic rings. The predicted octanol–water partition coefficient (Wildman–Crippen LogP) is 3.58. The van der Waals surface area contributed by atoms with Crippen molar-refractivity contribution in [1.82, 2.24) is 9.97 Å². The summed E-state index contributed by atoms with van der Waals surface area (Å²) in [6, 6.07) is 12.5. The van der Waals surface area contributed by atoms with Crippen molar-refractivity contribution in [3.63, 3.8) is 0 Å². The van der Waals surface area contributed by atoms with Crippen LogP contribution in [0.4, 0.5) is 0 Å². The standard InChI is InChI=1S/C18H16N2O4/c1-11-3-8-15-16(9-11)20-17(10-19-15)24-14-6-4-13(5-7-14)23-12(2)18(21)22/h3-10,12H,1-2H3,(H,21,22)/t12-/m1/s1. The Balaban J connectivity index is 1.75. The third kappa shape index (κ3) is 3.60. The minimum absolute atomic E-state index is 0.390. The molecule has 0 saturated carbocycles. The van der Waals surface area contributed by atoms with Crippen LogP contribution in [0.25, 0.3) is 11.0 Å². The zero-order chi connectivity index (χ0) is 17.1. The maximum atomic E-state index is 10.8. The van der Waals surface area contributed by atoms with Crippen LogP contribution in [-0.4, -0.2) is 27.1 Å². The third-order valence-corrected chi connectivity index (χ3v) is 3.38. The number of hydrogen-bond donors (Lipinski definition) is 1. The summed E-state index contributed by atoms with van der Waals surface area (Å²) in [6.45, 7) is 3.46. The van der Waals surface area contributed by atoms with E-state index < -0.39 is 12.1 Å². The molecule has 0 fully saturated rings. The SMILES string of the molecule is Cc1ccc2ncc(Oc3ccc(O[C@H](C)C(=O)O)cc3)nc2c1. The Labute approximate surface area is 138 Å². The van der Waals surface area contributed by atoms with Crippen molar-refractivity contribution < 1.29 is 19.4 Å². The summed E-state index contributed by atoms with van der Waals surface area (Å²) in [5.74, 6) is 0.391. The van der Waals surface area contributed by atoms with Gasteiger partial charge in [-0.15, -0.1) is 0 Å². The van der Waals surface area contributed by atoms with E-state index in [0.717, 1.165) is 16.6 Å². The van der Waals surface area contributed by atoms with Gasteiger partial charge in [0.2, 0.25) is 5.88 Å². The summed E-state index contributed by atoms with van der Waals surface area (Å²) in [4.78, 5) is 19.5. The largest absolute Gasteiger partial charge is 0.479 e. The lowest BCUT2D eigenvalue weighted by Crippen LogP contribution is -2.22. The van der Waals surface area contributed by atoms with Crippen LogP contribution in [0.1, 0.15) is 12.5 Å². The van der Waals surface area contributed by atoms with E-state index >= 15 is 0 Å². The highest BCUT2D eigenvalue weighted by Gasteiger charge is 2.12. The van der Waals surface area contributed by atoms with Gasteiger partial charge in [-0.2, -0.15) is 0 Å². The Morgan fingerprint density at radius 2 is 1.79 bits per heavy atom. The van der Waals surface area contributed by atoms with Gasteiger partial charge in [-0.1, -0.05) is 6.07 Å². The van der Waals surface area contributed by atoms with Crippen LogP contribution >= 0.6 is 0 Å². The van der Waals surface area contributed by atoms with E-state index in [4.69, 9.17) is 14.6 Å². The molecule has 24 heavy (non-hydrogen) atoms. The molecule has 0 saturated heterocycles. The second kappa shape index (κ2) is 6.54. The predicted molar refractivity (Wildman–Crippen MR) is 88.5 cm³/mol. The van der Waals surface area contributed by atoms with E-state index in [2.05, 4.69) is 9.97 Å². The van der Waals surface area contributed by atoms with Gasteiger partial charge in [0.25, 0.3) is 0 Å². The van der Waals surface area contributed by atoms with Crippen LogP contribution in [0.3, 0.4) is 0 Å². The van der Waals surface area contributed by atoms with Crippen molar-refractivity contribution in [2.24, 2.45) is 0 Å². The van der Waals surface area contributed by atoms with Crippen molar-refractivity contribution in [2.45, 2.75) is 20.0 Å². The van der Waals surface area contributed by atoms with Gasteiger partial charge in [-0.25, -0.2) is 14.8 Å². The van der Waals surface area contributed by atoms with Gasteiger partial charge in [0.15, 0.2) is 6.10 Å². The monoisotopic (exact) mass is 324 g/mol. The van der Waals surface area contributed by atoms with Crippen LogP contribution in [0.15, 0.2) is 48.7 Å². The summed E-state index contributed by atoms with van der Waals surface area (Å²) in [7, 11) is 0. The van der Waals surface area contributed by atoms with Crippen LogP contribution < -0.4 is 9.47 Å². The first-order chi connectivity index (χ1) is 11.5. The number of hydrogen-bond acceptors (Lipinski definition) is 5. The van der Waals surface area contributed by atoms with Crippen molar-refractivity contribution in [2.75, 3.05) is 0 Å². The quantitative estimate of drug-likeness (QED) is 0.772. The Morgan fingerprint density at radius 3 is 2.50 bits per heavy atom. The zero-order valence-corrected chi connectivity index (χ0v) is 13.3. The summed E-state index contributed by atoms with van der Waals surface area (Å²) >= 11 is 0. The van der Waals surface area contributed by atoms with Crippen molar-refractivity contribution >= 4 is 17.0 Å². The summed E-state index contributed by atoms with van der Waals surface area (Å²) in [5.41, 5.74) is 2.67. The molecule has 0 radical (unpaired) electrons. The molecular weight excluding hydrogens is 308 g/mol. The zero-order valence-electron chi connectivity index (χ0n) is 13.3. The van der Waals surface area contributed by atoms with Crippen LogP contribution in [0.2, 0.25) is 0 Å². The summed E-state index contributed by atoms with van der Waals surface area (Å²) in [5, 5.41) is 8.83. The average molecular weight is 324 g/mol. The molecule has 6 heteroatoms. The Hall–Kier alpha value is -3.15. The molecule has 2 aromatic carbocycles. The molecule has 1 aromatic heterocycles. The first-order valence-corrected chi connectivity index (χ1v) is 7.42. The normalized spacial score (nSPS) is 11.9. The number of carbonyl (C=O) groups is 1. The van der Waals surface area contributed by atoms with E-state index in [1.165, 1.54) is 6.92 Å². The maximum absolute atomic E-state index is 10.8. The van der Waals surface area contributed by atoms with Gasteiger partial charge in [0, 0.05) is 0 Å². The number of aryl methyl sites for hydroxylation is 1. The number of aromatic nitrogens is 2. The number of benzene rings is 2. The van der Waals surface area contributed by atoms with E-state index in [1.54, 1.807) is 30.5 Å². The smallest absolute Gasteiger partial charge is 0.344 e. The minimum atomic E-state index is -1.02. The molecule has 122 valence electrons. The fraction of sp³-hybridized carbons (Fsp3) is 0.167. The molecular formula is C18H16N2O4. The molecule has 6 nitrogen and oxygen atoms in total. The average Bonchev–Trinajstić information content (AvgIpc) is 2.56. The van der Waals surface area contributed by atoms with Gasteiger partial charge < -0.3 is 14.6 Å². The van der Waals surface area contributed by atoms with Gasteiger partial charge in [-0.3, -0.25) is 0 Å².